The van der Waals surface area contributed by atoms with Gasteiger partial charge >= 0.3 is 0 Å². The molecule has 0 spiro atoms. The molecule has 1 aromatic carbocycles. The van der Waals surface area contributed by atoms with Gasteiger partial charge in [-0.25, -0.2) is 0 Å². The van der Waals surface area contributed by atoms with Crippen LogP contribution in [0.3, 0.4) is 0 Å². The summed E-state index contributed by atoms with van der Waals surface area (Å²) in [4.78, 5) is 4.62. The molecule has 20 heavy (non-hydrogen) atoms. The first kappa shape index (κ1) is 11.9. The lowest BCUT2D eigenvalue weighted by Crippen LogP contribution is -2.06. The summed E-state index contributed by atoms with van der Waals surface area (Å²) >= 11 is 0. The number of rotatable bonds is 3. The van der Waals surface area contributed by atoms with Crippen LogP contribution in [0.25, 0.3) is 0 Å². The minimum Gasteiger partial charge on any atom is -0.384 e. The second kappa shape index (κ2) is 4.93. The number of benzene rings is 1. The molecule has 2 heterocycles. The third kappa shape index (κ3) is 2.09. The Morgan fingerprint density at radius 2 is 2.05 bits per heavy atom. The Kier molecular flexibility index (Phi) is 2.94. The van der Waals surface area contributed by atoms with E-state index < -0.39 is 0 Å². The topological polar surface area (TPSA) is 51.0 Å². The molecule has 1 atom stereocenters. The highest BCUT2D eigenvalue weighted by Gasteiger charge is 2.26. The average molecular weight is 269 g/mol. The number of para-hydroxylation sites is 1. The number of hydrogen-bond donors (Lipinski definition) is 1. The maximum Gasteiger partial charge on any atom is 0.227 e. The van der Waals surface area contributed by atoms with Gasteiger partial charge in [0.1, 0.15) is 0 Å². The van der Waals surface area contributed by atoms with Crippen LogP contribution in [0, 0.1) is 0 Å². The van der Waals surface area contributed by atoms with Crippen molar-refractivity contribution in [3.63, 3.8) is 0 Å². The van der Waals surface area contributed by atoms with E-state index in [0.29, 0.717) is 11.8 Å². The first-order chi connectivity index (χ1) is 9.90. The van der Waals surface area contributed by atoms with Crippen molar-refractivity contribution in [2.75, 3.05) is 11.9 Å². The number of nitrogens with one attached hydrogen (secondary N) is 1. The standard InChI is InChI=1S/C16H19N3O/c1-2-6-11(5-1)16-18-15(20-19-16)9-12-10-17-14-8-4-3-7-13(12)14/h3-4,7-8,11-12,17H,1-2,5-6,9-10H2. The van der Waals surface area contributed by atoms with E-state index in [2.05, 4.69) is 39.7 Å². The Bertz CT molecular complexity index is 601. The lowest BCUT2D eigenvalue weighted by atomic mass is 9.98. The van der Waals surface area contributed by atoms with Crippen LogP contribution >= 0.6 is 0 Å². The molecule has 0 amide bonds. The van der Waals surface area contributed by atoms with Crippen LogP contribution in [0.4, 0.5) is 5.69 Å². The molecule has 0 radical (unpaired) electrons. The predicted molar refractivity (Wildman–Crippen MR) is 76.9 cm³/mol. The van der Waals surface area contributed by atoms with Crippen molar-refractivity contribution in [2.24, 2.45) is 0 Å². The zero-order valence-corrected chi connectivity index (χ0v) is 11.5. The molecule has 1 fully saturated rings. The van der Waals surface area contributed by atoms with Gasteiger partial charge in [-0.3, -0.25) is 0 Å². The lowest BCUT2D eigenvalue weighted by Gasteiger charge is -2.06. The fraction of sp³-hybridized carbons (Fsp3) is 0.500. The molecular formula is C16H19N3O. The Balaban J connectivity index is 1.50. The zero-order chi connectivity index (χ0) is 13.4. The molecule has 1 N–H and O–H groups in total. The maximum absolute atomic E-state index is 5.47. The summed E-state index contributed by atoms with van der Waals surface area (Å²) in [5, 5.41) is 7.63. The molecule has 4 rings (SSSR count). The maximum atomic E-state index is 5.47. The molecule has 104 valence electrons. The van der Waals surface area contributed by atoms with Gasteiger partial charge in [0.2, 0.25) is 5.89 Å². The van der Waals surface area contributed by atoms with Crippen molar-refractivity contribution in [3.05, 3.63) is 41.5 Å². The van der Waals surface area contributed by atoms with Crippen molar-refractivity contribution < 1.29 is 4.52 Å². The molecule has 0 bridgehead atoms. The molecule has 1 saturated carbocycles. The van der Waals surface area contributed by atoms with Crippen molar-refractivity contribution >= 4 is 5.69 Å². The molecular weight excluding hydrogens is 250 g/mol. The Hall–Kier alpha value is -1.84. The van der Waals surface area contributed by atoms with Crippen molar-refractivity contribution in [1.82, 2.24) is 10.1 Å². The first-order valence-corrected chi connectivity index (χ1v) is 7.55. The van der Waals surface area contributed by atoms with Crippen molar-refractivity contribution in [1.29, 1.82) is 0 Å². The van der Waals surface area contributed by atoms with Crippen molar-refractivity contribution in [2.45, 2.75) is 43.9 Å². The fourth-order valence-corrected chi connectivity index (χ4v) is 3.45. The van der Waals surface area contributed by atoms with Crippen LogP contribution in [0.5, 0.6) is 0 Å². The molecule has 1 aliphatic heterocycles. The highest BCUT2D eigenvalue weighted by atomic mass is 16.5. The van der Waals surface area contributed by atoms with Gasteiger partial charge in [0.05, 0.1) is 0 Å². The van der Waals surface area contributed by atoms with Crippen LogP contribution in [-0.2, 0) is 6.42 Å². The highest BCUT2D eigenvalue weighted by Crippen LogP contribution is 2.35. The molecule has 2 aromatic rings. The molecule has 1 aliphatic carbocycles. The number of aromatic nitrogens is 2. The molecule has 4 nitrogen and oxygen atoms in total. The zero-order valence-electron chi connectivity index (χ0n) is 11.5. The number of hydrogen-bond acceptors (Lipinski definition) is 4. The van der Waals surface area contributed by atoms with E-state index in [1.54, 1.807) is 0 Å². The summed E-state index contributed by atoms with van der Waals surface area (Å²) < 4.78 is 5.47. The van der Waals surface area contributed by atoms with Gasteiger partial charge in [-0.2, -0.15) is 4.98 Å². The van der Waals surface area contributed by atoms with E-state index >= 15 is 0 Å². The van der Waals surface area contributed by atoms with E-state index in [4.69, 9.17) is 4.52 Å². The SMILES string of the molecule is c1ccc2c(c1)NCC2Cc1nc(C2CCCC2)no1. The molecule has 1 aromatic heterocycles. The average Bonchev–Trinajstić information content (AvgIpc) is 3.19. The number of fused-ring (bicyclic) bond motifs is 1. The van der Waals surface area contributed by atoms with E-state index in [0.717, 1.165) is 24.7 Å². The van der Waals surface area contributed by atoms with Crippen molar-refractivity contribution in [3.8, 4) is 0 Å². The van der Waals surface area contributed by atoms with Crippen LogP contribution in [0.15, 0.2) is 28.8 Å². The van der Waals surface area contributed by atoms with Gasteiger partial charge in [0, 0.05) is 30.5 Å². The summed E-state index contributed by atoms with van der Waals surface area (Å²) in [6.45, 7) is 0.959. The van der Waals surface area contributed by atoms with Crippen LogP contribution in [0.2, 0.25) is 0 Å². The summed E-state index contributed by atoms with van der Waals surface area (Å²) in [6.07, 6.45) is 5.87. The summed E-state index contributed by atoms with van der Waals surface area (Å²) in [7, 11) is 0. The highest BCUT2D eigenvalue weighted by molar-refractivity contribution is 5.57. The third-order valence-corrected chi connectivity index (χ3v) is 4.56. The van der Waals surface area contributed by atoms with Crippen LogP contribution in [0.1, 0.15) is 54.8 Å². The van der Waals surface area contributed by atoms with Gasteiger partial charge in [-0.15, -0.1) is 0 Å². The third-order valence-electron chi connectivity index (χ3n) is 4.56. The van der Waals surface area contributed by atoms with E-state index in [-0.39, 0.29) is 0 Å². The second-order valence-electron chi connectivity index (χ2n) is 5.90. The minimum absolute atomic E-state index is 0.447. The fourth-order valence-electron chi connectivity index (χ4n) is 3.45. The lowest BCUT2D eigenvalue weighted by molar-refractivity contribution is 0.363. The second-order valence-corrected chi connectivity index (χ2v) is 5.90. The van der Waals surface area contributed by atoms with Gasteiger partial charge in [-0.1, -0.05) is 36.2 Å². The first-order valence-electron chi connectivity index (χ1n) is 7.55. The molecule has 2 aliphatic rings. The summed E-state index contributed by atoms with van der Waals surface area (Å²) in [6, 6.07) is 8.48. The monoisotopic (exact) mass is 269 g/mol. The Morgan fingerprint density at radius 1 is 1.20 bits per heavy atom. The molecule has 4 heteroatoms. The Labute approximate surface area is 118 Å². The number of nitrogens with zero attached hydrogens (tertiary/aromatic N) is 2. The summed E-state index contributed by atoms with van der Waals surface area (Å²) in [5.41, 5.74) is 2.61. The largest absolute Gasteiger partial charge is 0.384 e. The number of anilines is 1. The molecule has 1 unspecified atom stereocenters. The van der Waals surface area contributed by atoms with E-state index in [1.165, 1.54) is 36.9 Å². The smallest absolute Gasteiger partial charge is 0.227 e. The quantitative estimate of drug-likeness (QED) is 0.926. The minimum atomic E-state index is 0.447. The normalized spacial score (nSPS) is 21.9. The molecule has 0 saturated heterocycles. The van der Waals surface area contributed by atoms with Gasteiger partial charge < -0.3 is 9.84 Å². The van der Waals surface area contributed by atoms with E-state index in [1.807, 2.05) is 0 Å². The van der Waals surface area contributed by atoms with Gasteiger partial charge in [0.15, 0.2) is 5.82 Å². The Morgan fingerprint density at radius 3 is 2.95 bits per heavy atom. The predicted octanol–water partition coefficient (Wildman–Crippen LogP) is 3.48. The van der Waals surface area contributed by atoms with Crippen LogP contribution in [-0.4, -0.2) is 16.7 Å². The van der Waals surface area contributed by atoms with E-state index in [9.17, 15) is 0 Å². The van der Waals surface area contributed by atoms with Gasteiger partial charge in [-0.05, 0) is 24.5 Å². The van der Waals surface area contributed by atoms with Crippen LogP contribution < -0.4 is 5.32 Å². The van der Waals surface area contributed by atoms with Gasteiger partial charge in [0.25, 0.3) is 0 Å². The summed E-state index contributed by atoms with van der Waals surface area (Å²) in [5.74, 6) is 2.69.